The minimum atomic E-state index is -0.222. The molecule has 24 heavy (non-hydrogen) atoms. The lowest BCUT2D eigenvalue weighted by atomic mass is 10.1. The van der Waals surface area contributed by atoms with Gasteiger partial charge in [0, 0.05) is 6.42 Å². The van der Waals surface area contributed by atoms with Gasteiger partial charge in [-0.3, -0.25) is 9.59 Å². The molecule has 1 aliphatic rings. The summed E-state index contributed by atoms with van der Waals surface area (Å²) in [5, 5.41) is 5.59. The molecular formula is C19H20N2O3. The predicted molar refractivity (Wildman–Crippen MR) is 93.3 cm³/mol. The number of fused-ring (bicyclic) bond motifs is 1. The van der Waals surface area contributed by atoms with E-state index < -0.39 is 0 Å². The van der Waals surface area contributed by atoms with E-state index in [4.69, 9.17) is 4.74 Å². The van der Waals surface area contributed by atoms with E-state index in [-0.39, 0.29) is 18.4 Å². The second kappa shape index (κ2) is 7.17. The van der Waals surface area contributed by atoms with Crippen LogP contribution in [-0.4, -0.2) is 18.4 Å². The van der Waals surface area contributed by atoms with Crippen molar-refractivity contribution >= 4 is 23.2 Å². The summed E-state index contributed by atoms with van der Waals surface area (Å²) in [7, 11) is 0. The molecule has 0 unspecified atom stereocenters. The Labute approximate surface area is 141 Å². The first kappa shape index (κ1) is 16.1. The topological polar surface area (TPSA) is 67.4 Å². The Morgan fingerprint density at radius 3 is 2.67 bits per heavy atom. The van der Waals surface area contributed by atoms with Gasteiger partial charge in [-0.1, -0.05) is 37.3 Å². The molecule has 2 aromatic carbocycles. The van der Waals surface area contributed by atoms with Crippen molar-refractivity contribution in [3.8, 4) is 5.75 Å². The molecule has 0 saturated heterocycles. The lowest BCUT2D eigenvalue weighted by Crippen LogP contribution is -2.26. The Bertz CT molecular complexity index is 754. The van der Waals surface area contributed by atoms with Crippen molar-refractivity contribution < 1.29 is 14.3 Å². The third-order valence-electron chi connectivity index (χ3n) is 4.00. The number of para-hydroxylation sites is 1. The number of hydrogen-bond donors (Lipinski definition) is 2. The summed E-state index contributed by atoms with van der Waals surface area (Å²) < 4.78 is 5.35. The molecule has 0 aliphatic carbocycles. The number of anilines is 2. The Kier molecular flexibility index (Phi) is 4.79. The molecule has 0 fully saturated rings. The second-order valence-corrected chi connectivity index (χ2v) is 5.73. The monoisotopic (exact) mass is 324 g/mol. The highest BCUT2D eigenvalue weighted by molar-refractivity contribution is 6.03. The minimum absolute atomic E-state index is 0.00183. The highest BCUT2D eigenvalue weighted by Gasteiger charge is 2.19. The average Bonchev–Trinajstić information content (AvgIpc) is 2.61. The first-order chi connectivity index (χ1) is 11.7. The van der Waals surface area contributed by atoms with Crippen molar-refractivity contribution in [3.05, 3.63) is 53.6 Å². The second-order valence-electron chi connectivity index (χ2n) is 5.73. The molecule has 0 atom stereocenters. The fourth-order valence-corrected chi connectivity index (χ4v) is 2.62. The van der Waals surface area contributed by atoms with E-state index in [9.17, 15) is 9.59 Å². The van der Waals surface area contributed by atoms with Crippen LogP contribution in [0.1, 0.15) is 24.5 Å². The van der Waals surface area contributed by atoms with Gasteiger partial charge in [0.25, 0.3) is 5.91 Å². The van der Waals surface area contributed by atoms with E-state index >= 15 is 0 Å². The third-order valence-corrected chi connectivity index (χ3v) is 4.00. The summed E-state index contributed by atoms with van der Waals surface area (Å²) in [5.74, 6) is 0.255. The standard InChI is InChI=1S/C19H20N2O3/c1-2-13-6-8-14(9-7-13)10-11-17(22)20-15-4-3-5-16-19(15)21-18(23)12-24-16/h3-9H,2,10-12H2,1H3,(H,20,22)(H,21,23). The van der Waals surface area contributed by atoms with Gasteiger partial charge in [0.1, 0.15) is 11.4 Å². The molecule has 124 valence electrons. The lowest BCUT2D eigenvalue weighted by molar-refractivity contribution is -0.119. The quantitative estimate of drug-likeness (QED) is 0.888. The van der Waals surface area contributed by atoms with Gasteiger partial charge in [-0.25, -0.2) is 0 Å². The molecule has 1 aliphatic heterocycles. The number of amides is 2. The van der Waals surface area contributed by atoms with E-state index in [1.807, 2.05) is 0 Å². The van der Waals surface area contributed by atoms with Gasteiger partial charge >= 0.3 is 0 Å². The lowest BCUT2D eigenvalue weighted by Gasteiger charge is -2.20. The summed E-state index contributed by atoms with van der Waals surface area (Å²) in [4.78, 5) is 23.7. The SMILES string of the molecule is CCc1ccc(CCC(=O)Nc2cccc3c2NC(=O)CO3)cc1. The summed E-state index contributed by atoms with van der Waals surface area (Å²) in [6.07, 6.45) is 2.06. The van der Waals surface area contributed by atoms with Crippen molar-refractivity contribution in [2.24, 2.45) is 0 Å². The van der Waals surface area contributed by atoms with E-state index in [2.05, 4.69) is 41.8 Å². The number of hydrogen-bond acceptors (Lipinski definition) is 3. The van der Waals surface area contributed by atoms with Crippen molar-refractivity contribution in [1.82, 2.24) is 0 Å². The van der Waals surface area contributed by atoms with Crippen LogP contribution in [0.4, 0.5) is 11.4 Å². The maximum atomic E-state index is 12.2. The number of nitrogens with one attached hydrogen (secondary N) is 2. The van der Waals surface area contributed by atoms with E-state index in [0.717, 1.165) is 12.0 Å². The summed E-state index contributed by atoms with van der Waals surface area (Å²) in [6.45, 7) is 2.11. The van der Waals surface area contributed by atoms with Gasteiger partial charge < -0.3 is 15.4 Å². The number of ether oxygens (including phenoxy) is 1. The predicted octanol–water partition coefficient (Wildman–Crippen LogP) is 3.15. The summed E-state index contributed by atoms with van der Waals surface area (Å²) >= 11 is 0. The van der Waals surface area contributed by atoms with Crippen LogP contribution in [0.5, 0.6) is 5.75 Å². The van der Waals surface area contributed by atoms with E-state index in [1.165, 1.54) is 5.56 Å². The molecule has 5 heteroatoms. The fourth-order valence-electron chi connectivity index (χ4n) is 2.62. The van der Waals surface area contributed by atoms with Crippen LogP contribution in [0, 0.1) is 0 Å². The molecule has 2 N–H and O–H groups in total. The number of benzene rings is 2. The van der Waals surface area contributed by atoms with Crippen molar-refractivity contribution in [2.45, 2.75) is 26.2 Å². The van der Waals surface area contributed by atoms with Gasteiger partial charge in [0.05, 0.1) is 5.69 Å². The highest BCUT2D eigenvalue weighted by atomic mass is 16.5. The van der Waals surface area contributed by atoms with Gasteiger partial charge in [-0.05, 0) is 36.1 Å². The molecular weight excluding hydrogens is 304 g/mol. The molecule has 0 radical (unpaired) electrons. The third kappa shape index (κ3) is 3.74. The van der Waals surface area contributed by atoms with Gasteiger partial charge in [-0.2, -0.15) is 0 Å². The zero-order chi connectivity index (χ0) is 16.9. The molecule has 0 bridgehead atoms. The maximum Gasteiger partial charge on any atom is 0.262 e. The number of aryl methyl sites for hydroxylation is 2. The van der Waals surface area contributed by atoms with Crippen molar-refractivity contribution in [1.29, 1.82) is 0 Å². The molecule has 0 spiro atoms. The molecule has 2 aromatic rings. The molecule has 3 rings (SSSR count). The van der Waals surface area contributed by atoms with E-state index in [1.54, 1.807) is 18.2 Å². The number of carbonyl (C=O) groups is 2. The first-order valence-electron chi connectivity index (χ1n) is 8.09. The van der Waals surface area contributed by atoms with Gasteiger partial charge in [0.2, 0.25) is 5.91 Å². The van der Waals surface area contributed by atoms with Crippen LogP contribution in [0.15, 0.2) is 42.5 Å². The maximum absolute atomic E-state index is 12.2. The Hall–Kier alpha value is -2.82. The smallest absolute Gasteiger partial charge is 0.262 e. The Balaban J connectivity index is 1.62. The van der Waals surface area contributed by atoms with Crippen molar-refractivity contribution in [2.75, 3.05) is 17.2 Å². The minimum Gasteiger partial charge on any atom is -0.481 e. The number of rotatable bonds is 5. The van der Waals surface area contributed by atoms with Crippen LogP contribution in [0.2, 0.25) is 0 Å². The first-order valence-corrected chi connectivity index (χ1v) is 8.09. The Morgan fingerprint density at radius 2 is 1.92 bits per heavy atom. The molecule has 0 saturated carbocycles. The average molecular weight is 324 g/mol. The zero-order valence-electron chi connectivity index (χ0n) is 13.6. The van der Waals surface area contributed by atoms with Crippen LogP contribution >= 0.6 is 0 Å². The molecule has 1 heterocycles. The zero-order valence-corrected chi connectivity index (χ0v) is 13.6. The van der Waals surface area contributed by atoms with Crippen LogP contribution in [0.25, 0.3) is 0 Å². The van der Waals surface area contributed by atoms with Crippen LogP contribution in [-0.2, 0) is 22.4 Å². The largest absolute Gasteiger partial charge is 0.481 e. The number of carbonyl (C=O) groups excluding carboxylic acids is 2. The van der Waals surface area contributed by atoms with Crippen LogP contribution in [0.3, 0.4) is 0 Å². The van der Waals surface area contributed by atoms with E-state index in [0.29, 0.717) is 30.0 Å². The Morgan fingerprint density at radius 1 is 1.17 bits per heavy atom. The molecule has 2 amide bonds. The summed E-state index contributed by atoms with van der Waals surface area (Å²) in [5.41, 5.74) is 3.50. The molecule has 5 nitrogen and oxygen atoms in total. The molecule has 0 aromatic heterocycles. The van der Waals surface area contributed by atoms with Crippen molar-refractivity contribution in [3.63, 3.8) is 0 Å². The van der Waals surface area contributed by atoms with Gasteiger partial charge in [-0.15, -0.1) is 0 Å². The highest BCUT2D eigenvalue weighted by Crippen LogP contribution is 2.34. The fraction of sp³-hybridized carbons (Fsp3) is 0.263. The summed E-state index contributed by atoms with van der Waals surface area (Å²) in [6, 6.07) is 13.6. The van der Waals surface area contributed by atoms with Gasteiger partial charge in [0.15, 0.2) is 6.61 Å². The van der Waals surface area contributed by atoms with Crippen LogP contribution < -0.4 is 15.4 Å². The normalized spacial score (nSPS) is 12.8.